The first kappa shape index (κ1) is 13.8. The lowest BCUT2D eigenvalue weighted by Gasteiger charge is -2.10. The second kappa shape index (κ2) is 5.86. The van der Waals surface area contributed by atoms with Crippen LogP contribution in [0.2, 0.25) is 0 Å². The Balaban J connectivity index is 3.22. The van der Waals surface area contributed by atoms with Crippen molar-refractivity contribution in [3.63, 3.8) is 0 Å². The molecule has 94 valence electrons. The van der Waals surface area contributed by atoms with Crippen molar-refractivity contribution in [2.75, 3.05) is 7.11 Å². The maximum atomic E-state index is 13.7. The molecule has 0 aliphatic carbocycles. The van der Waals surface area contributed by atoms with Gasteiger partial charge in [0, 0.05) is 11.8 Å². The van der Waals surface area contributed by atoms with Crippen molar-refractivity contribution >= 4 is 17.6 Å². The van der Waals surface area contributed by atoms with E-state index in [2.05, 4.69) is 9.72 Å². The predicted molar refractivity (Wildman–Crippen MR) is 54.4 cm³/mol. The molecule has 0 saturated carbocycles. The fourth-order valence-electron chi connectivity index (χ4n) is 1.25. The molecule has 1 rings (SSSR count). The van der Waals surface area contributed by atoms with E-state index in [9.17, 15) is 18.0 Å². The number of nitrogens with zero attached hydrogens (tertiary/aromatic N) is 1. The smallest absolute Gasteiger partial charge is 0.310 e. The van der Waals surface area contributed by atoms with Gasteiger partial charge in [0.2, 0.25) is 0 Å². The number of methoxy groups -OCH3 is 1. The van der Waals surface area contributed by atoms with E-state index in [1.165, 1.54) is 0 Å². The molecule has 0 spiro atoms. The Kier molecular flexibility index (Phi) is 4.74. The van der Waals surface area contributed by atoms with Gasteiger partial charge in [-0.05, 0) is 0 Å². The van der Waals surface area contributed by atoms with Crippen LogP contribution in [0.15, 0.2) is 6.20 Å². The van der Waals surface area contributed by atoms with Crippen LogP contribution in [0.1, 0.15) is 23.2 Å². The number of pyridine rings is 1. The standard InChI is InChI=1S/C10H9ClF3NO2/c1-17-8(16)2-5-7(3-11)15-4-6(9(5)12)10(13)14/h4,10H,2-3H2,1H3. The van der Waals surface area contributed by atoms with Gasteiger partial charge in [-0.3, -0.25) is 9.78 Å². The molecule has 1 heterocycles. The molecular formula is C10H9ClF3NO2. The Labute approximate surface area is 101 Å². The highest BCUT2D eigenvalue weighted by atomic mass is 35.5. The van der Waals surface area contributed by atoms with E-state index in [4.69, 9.17) is 11.6 Å². The van der Waals surface area contributed by atoms with Crippen LogP contribution >= 0.6 is 11.6 Å². The van der Waals surface area contributed by atoms with Crippen molar-refractivity contribution in [2.45, 2.75) is 18.7 Å². The van der Waals surface area contributed by atoms with Gasteiger partial charge in [-0.15, -0.1) is 11.6 Å². The van der Waals surface area contributed by atoms with Gasteiger partial charge in [-0.2, -0.15) is 0 Å². The Morgan fingerprint density at radius 3 is 2.71 bits per heavy atom. The molecule has 1 aromatic rings. The highest BCUT2D eigenvalue weighted by Crippen LogP contribution is 2.26. The number of carbonyl (C=O) groups is 1. The average molecular weight is 268 g/mol. The first-order valence-corrected chi connectivity index (χ1v) is 5.11. The van der Waals surface area contributed by atoms with Crippen molar-refractivity contribution in [3.8, 4) is 0 Å². The fourth-order valence-corrected chi connectivity index (χ4v) is 1.48. The van der Waals surface area contributed by atoms with E-state index in [-0.39, 0.29) is 17.1 Å². The molecule has 17 heavy (non-hydrogen) atoms. The summed E-state index contributed by atoms with van der Waals surface area (Å²) in [6.45, 7) is 0. The maximum Gasteiger partial charge on any atom is 0.310 e. The summed E-state index contributed by atoms with van der Waals surface area (Å²) in [4.78, 5) is 14.6. The van der Waals surface area contributed by atoms with E-state index < -0.39 is 30.2 Å². The highest BCUT2D eigenvalue weighted by Gasteiger charge is 2.22. The van der Waals surface area contributed by atoms with Gasteiger partial charge >= 0.3 is 5.97 Å². The zero-order chi connectivity index (χ0) is 13.0. The summed E-state index contributed by atoms with van der Waals surface area (Å²) >= 11 is 5.49. The number of carbonyl (C=O) groups excluding carboxylic acids is 1. The Morgan fingerprint density at radius 2 is 2.24 bits per heavy atom. The van der Waals surface area contributed by atoms with Gasteiger partial charge in [-0.1, -0.05) is 0 Å². The lowest BCUT2D eigenvalue weighted by Crippen LogP contribution is -2.11. The van der Waals surface area contributed by atoms with Crippen molar-refractivity contribution in [1.29, 1.82) is 0 Å². The third kappa shape index (κ3) is 3.09. The summed E-state index contributed by atoms with van der Waals surface area (Å²) < 4.78 is 42.9. The van der Waals surface area contributed by atoms with E-state index in [1.807, 2.05) is 0 Å². The van der Waals surface area contributed by atoms with Gasteiger partial charge in [0.25, 0.3) is 6.43 Å². The van der Waals surface area contributed by atoms with E-state index in [0.29, 0.717) is 0 Å². The molecule has 3 nitrogen and oxygen atoms in total. The SMILES string of the molecule is COC(=O)Cc1c(CCl)ncc(C(F)F)c1F. The number of alkyl halides is 3. The quantitative estimate of drug-likeness (QED) is 0.622. The van der Waals surface area contributed by atoms with Gasteiger partial charge in [0.1, 0.15) is 5.82 Å². The third-order valence-corrected chi connectivity index (χ3v) is 2.39. The van der Waals surface area contributed by atoms with Gasteiger partial charge in [0.15, 0.2) is 0 Å². The second-order valence-corrected chi connectivity index (χ2v) is 3.41. The van der Waals surface area contributed by atoms with E-state index >= 15 is 0 Å². The van der Waals surface area contributed by atoms with Crippen LogP contribution in [0.4, 0.5) is 13.2 Å². The predicted octanol–water partition coefficient (Wildman–Crippen LogP) is 2.61. The summed E-state index contributed by atoms with van der Waals surface area (Å²) in [7, 11) is 1.12. The topological polar surface area (TPSA) is 39.2 Å². The molecule has 0 bridgehead atoms. The molecule has 0 atom stereocenters. The van der Waals surface area contributed by atoms with E-state index in [1.54, 1.807) is 0 Å². The molecule has 0 aromatic carbocycles. The number of rotatable bonds is 4. The lowest BCUT2D eigenvalue weighted by molar-refractivity contribution is -0.139. The molecule has 0 aliphatic heterocycles. The molecule has 0 aliphatic rings. The van der Waals surface area contributed by atoms with Crippen LogP contribution in [-0.4, -0.2) is 18.1 Å². The molecule has 7 heteroatoms. The van der Waals surface area contributed by atoms with E-state index in [0.717, 1.165) is 13.3 Å². The van der Waals surface area contributed by atoms with Gasteiger partial charge in [-0.25, -0.2) is 13.2 Å². The number of aromatic nitrogens is 1. The third-order valence-electron chi connectivity index (χ3n) is 2.14. The first-order valence-electron chi connectivity index (χ1n) is 4.58. The monoisotopic (exact) mass is 267 g/mol. The van der Waals surface area contributed by atoms with Crippen LogP contribution < -0.4 is 0 Å². The van der Waals surface area contributed by atoms with Crippen LogP contribution in [-0.2, 0) is 21.8 Å². The molecule has 0 amide bonds. The average Bonchev–Trinajstić information content (AvgIpc) is 2.30. The normalized spacial score (nSPS) is 10.7. The summed E-state index contributed by atoms with van der Waals surface area (Å²) in [6.07, 6.45) is -2.75. The number of ether oxygens (including phenoxy) is 1. The van der Waals surface area contributed by atoms with Crippen LogP contribution in [0.3, 0.4) is 0 Å². The number of hydrogen-bond donors (Lipinski definition) is 0. The first-order chi connectivity index (χ1) is 8.01. The minimum atomic E-state index is -3.00. The number of halogens is 4. The molecule has 0 radical (unpaired) electrons. The summed E-state index contributed by atoms with van der Waals surface area (Å²) in [6, 6.07) is 0. The fraction of sp³-hybridized carbons (Fsp3) is 0.400. The molecule has 1 aromatic heterocycles. The van der Waals surface area contributed by atoms with Gasteiger partial charge < -0.3 is 4.74 Å². The molecule has 0 saturated heterocycles. The number of esters is 1. The van der Waals surface area contributed by atoms with Crippen molar-refractivity contribution in [3.05, 3.63) is 28.8 Å². The molecule has 0 unspecified atom stereocenters. The Bertz CT molecular complexity index is 426. The summed E-state index contributed by atoms with van der Waals surface area (Å²) in [5, 5.41) is 0. The van der Waals surface area contributed by atoms with Gasteiger partial charge in [0.05, 0.1) is 30.7 Å². The summed E-state index contributed by atoms with van der Waals surface area (Å²) in [5.74, 6) is -2.08. The van der Waals surface area contributed by atoms with Crippen LogP contribution in [0, 0.1) is 5.82 Å². The minimum Gasteiger partial charge on any atom is -0.469 e. The zero-order valence-corrected chi connectivity index (χ0v) is 9.60. The van der Waals surface area contributed by atoms with Crippen LogP contribution in [0.25, 0.3) is 0 Å². The van der Waals surface area contributed by atoms with Crippen molar-refractivity contribution in [1.82, 2.24) is 4.98 Å². The summed E-state index contributed by atoms with van der Waals surface area (Å²) in [5.41, 5.74) is -1.04. The van der Waals surface area contributed by atoms with Crippen LogP contribution in [0.5, 0.6) is 0 Å². The Morgan fingerprint density at radius 1 is 1.59 bits per heavy atom. The van der Waals surface area contributed by atoms with Crippen molar-refractivity contribution < 1.29 is 22.7 Å². The number of hydrogen-bond acceptors (Lipinski definition) is 3. The maximum absolute atomic E-state index is 13.7. The molecule has 0 fully saturated rings. The highest BCUT2D eigenvalue weighted by molar-refractivity contribution is 6.17. The lowest BCUT2D eigenvalue weighted by atomic mass is 10.1. The minimum absolute atomic E-state index is 0.0546. The second-order valence-electron chi connectivity index (χ2n) is 3.14. The molecular weight excluding hydrogens is 259 g/mol. The zero-order valence-electron chi connectivity index (χ0n) is 8.84. The largest absolute Gasteiger partial charge is 0.469 e. The van der Waals surface area contributed by atoms with Crippen molar-refractivity contribution in [2.24, 2.45) is 0 Å². The molecule has 0 N–H and O–H groups in total. The Hall–Kier alpha value is -1.30.